The molecule has 3 rings (SSSR count). The number of rotatable bonds is 6. The molecule has 0 saturated heterocycles. The van der Waals surface area contributed by atoms with Gasteiger partial charge in [-0.05, 0) is 29.8 Å². The quantitative estimate of drug-likeness (QED) is 0.651. The molecule has 1 N–H and O–H groups in total. The van der Waals surface area contributed by atoms with E-state index in [1.165, 1.54) is 6.92 Å². The van der Waals surface area contributed by atoms with Crippen molar-refractivity contribution in [2.75, 3.05) is 5.32 Å². The zero-order valence-corrected chi connectivity index (χ0v) is 15.2. The molecule has 2 aromatic carbocycles. The smallest absolute Gasteiger partial charge is 0.310 e. The van der Waals surface area contributed by atoms with Crippen LogP contribution in [0.4, 0.5) is 5.69 Å². The first kappa shape index (κ1) is 18.6. The van der Waals surface area contributed by atoms with Gasteiger partial charge in [0.25, 0.3) is 5.89 Å². The molecule has 1 heterocycles. The number of carbonyl (C=O) groups is 2. The summed E-state index contributed by atoms with van der Waals surface area (Å²) in [6, 6.07) is 14.0. The van der Waals surface area contributed by atoms with E-state index >= 15 is 0 Å². The number of aromatic nitrogens is 2. The van der Waals surface area contributed by atoms with Crippen LogP contribution in [0.3, 0.4) is 0 Å². The molecular formula is C19H16ClN3O4. The van der Waals surface area contributed by atoms with Crippen LogP contribution in [0, 0.1) is 0 Å². The first-order valence-corrected chi connectivity index (χ1v) is 8.48. The topological polar surface area (TPSA) is 94.3 Å². The molecule has 0 aliphatic rings. The van der Waals surface area contributed by atoms with Gasteiger partial charge >= 0.3 is 5.97 Å². The summed E-state index contributed by atoms with van der Waals surface area (Å²) in [5.74, 6) is -0.142. The average Bonchev–Trinajstić information content (AvgIpc) is 3.10. The van der Waals surface area contributed by atoms with Crippen molar-refractivity contribution < 1.29 is 18.7 Å². The molecule has 0 aliphatic heterocycles. The van der Waals surface area contributed by atoms with Crippen LogP contribution in [0.5, 0.6) is 0 Å². The summed E-state index contributed by atoms with van der Waals surface area (Å²) in [5.41, 5.74) is 2.04. The molecule has 1 aromatic heterocycles. The molecule has 138 valence electrons. The largest absolute Gasteiger partial charge is 0.455 e. The summed E-state index contributed by atoms with van der Waals surface area (Å²) in [6.07, 6.45) is 0.0891. The number of carbonyl (C=O) groups excluding carboxylic acids is 2. The number of hydrogen-bond donors (Lipinski definition) is 1. The lowest BCUT2D eigenvalue weighted by Crippen LogP contribution is -2.09. The van der Waals surface area contributed by atoms with E-state index in [9.17, 15) is 9.59 Å². The Balaban J connectivity index is 1.54. The van der Waals surface area contributed by atoms with Gasteiger partial charge in [-0.3, -0.25) is 9.59 Å². The van der Waals surface area contributed by atoms with Crippen molar-refractivity contribution in [3.8, 4) is 11.5 Å². The minimum absolute atomic E-state index is 0.0891. The van der Waals surface area contributed by atoms with Crippen LogP contribution in [-0.2, 0) is 27.4 Å². The van der Waals surface area contributed by atoms with E-state index in [1.54, 1.807) is 42.5 Å². The Bertz CT molecular complexity index is 954. The molecule has 27 heavy (non-hydrogen) atoms. The highest BCUT2D eigenvalue weighted by atomic mass is 35.5. The van der Waals surface area contributed by atoms with Crippen molar-refractivity contribution in [2.45, 2.75) is 20.0 Å². The van der Waals surface area contributed by atoms with E-state index in [-0.39, 0.29) is 30.7 Å². The van der Waals surface area contributed by atoms with Crippen LogP contribution >= 0.6 is 11.6 Å². The predicted molar refractivity (Wildman–Crippen MR) is 99.0 cm³/mol. The van der Waals surface area contributed by atoms with Gasteiger partial charge in [-0.1, -0.05) is 35.9 Å². The number of nitrogens with zero attached hydrogens (tertiary/aromatic N) is 2. The lowest BCUT2D eigenvalue weighted by atomic mass is 10.1. The zero-order valence-electron chi connectivity index (χ0n) is 14.4. The molecule has 0 aliphatic carbocycles. The number of halogens is 1. The van der Waals surface area contributed by atoms with Crippen LogP contribution in [-0.4, -0.2) is 22.1 Å². The van der Waals surface area contributed by atoms with E-state index in [2.05, 4.69) is 15.5 Å². The molecule has 0 bridgehead atoms. The second kappa shape index (κ2) is 8.46. The summed E-state index contributed by atoms with van der Waals surface area (Å²) in [6.45, 7) is 1.31. The van der Waals surface area contributed by atoms with Gasteiger partial charge in [0, 0.05) is 12.6 Å². The fraction of sp³-hybridized carbons (Fsp3) is 0.158. The van der Waals surface area contributed by atoms with Crippen molar-refractivity contribution in [1.82, 2.24) is 10.2 Å². The number of nitrogens with one attached hydrogen (secondary N) is 1. The summed E-state index contributed by atoms with van der Waals surface area (Å²) < 4.78 is 10.6. The van der Waals surface area contributed by atoms with Gasteiger partial charge < -0.3 is 14.5 Å². The predicted octanol–water partition coefficient (Wildman–Crippen LogP) is 3.63. The van der Waals surface area contributed by atoms with E-state index in [4.69, 9.17) is 20.8 Å². The Kier molecular flexibility index (Phi) is 5.83. The van der Waals surface area contributed by atoms with Crippen LogP contribution in [0.25, 0.3) is 11.5 Å². The molecule has 1 amide bonds. The van der Waals surface area contributed by atoms with Gasteiger partial charge in [-0.2, -0.15) is 0 Å². The first-order chi connectivity index (χ1) is 13.0. The standard InChI is InChI=1S/C19H16ClN3O4/c1-12(24)21-14-8-6-13(7-9-14)10-18(25)26-11-17-22-23-19(27-17)15-4-2-3-5-16(15)20/h2-9H,10-11H2,1H3,(H,21,24). The third kappa shape index (κ3) is 5.15. The lowest BCUT2D eigenvalue weighted by molar-refractivity contribution is -0.144. The van der Waals surface area contributed by atoms with Crippen LogP contribution < -0.4 is 5.32 Å². The summed E-state index contributed by atoms with van der Waals surface area (Å²) >= 11 is 6.09. The molecule has 7 nitrogen and oxygen atoms in total. The number of hydrogen-bond acceptors (Lipinski definition) is 6. The van der Waals surface area contributed by atoms with E-state index < -0.39 is 5.97 Å². The zero-order chi connectivity index (χ0) is 19.2. The third-order valence-corrected chi connectivity index (χ3v) is 3.88. The van der Waals surface area contributed by atoms with Crippen LogP contribution in [0.15, 0.2) is 52.9 Å². The number of benzene rings is 2. The highest BCUT2D eigenvalue weighted by molar-refractivity contribution is 6.33. The Morgan fingerprint density at radius 1 is 1.11 bits per heavy atom. The molecule has 0 saturated carbocycles. The molecule has 0 unspecified atom stereocenters. The van der Waals surface area contributed by atoms with E-state index in [1.807, 2.05) is 6.07 Å². The number of amides is 1. The maximum atomic E-state index is 12.0. The number of esters is 1. The number of anilines is 1. The van der Waals surface area contributed by atoms with Gasteiger partial charge in [0.1, 0.15) is 0 Å². The maximum absolute atomic E-state index is 12.0. The first-order valence-electron chi connectivity index (χ1n) is 8.10. The second-order valence-corrected chi connectivity index (χ2v) is 6.10. The maximum Gasteiger partial charge on any atom is 0.310 e. The minimum Gasteiger partial charge on any atom is -0.455 e. The van der Waals surface area contributed by atoms with Gasteiger partial charge in [0.15, 0.2) is 6.61 Å². The van der Waals surface area contributed by atoms with Crippen molar-refractivity contribution in [3.63, 3.8) is 0 Å². The van der Waals surface area contributed by atoms with Crippen molar-refractivity contribution >= 4 is 29.2 Å². The average molecular weight is 386 g/mol. The van der Waals surface area contributed by atoms with Gasteiger partial charge in [-0.15, -0.1) is 10.2 Å². The Labute approximate surface area is 160 Å². The Morgan fingerprint density at radius 2 is 1.85 bits per heavy atom. The lowest BCUT2D eigenvalue weighted by Gasteiger charge is -2.05. The highest BCUT2D eigenvalue weighted by Gasteiger charge is 2.13. The molecular weight excluding hydrogens is 370 g/mol. The fourth-order valence-electron chi connectivity index (χ4n) is 2.32. The SMILES string of the molecule is CC(=O)Nc1ccc(CC(=O)OCc2nnc(-c3ccccc3Cl)o2)cc1. The minimum atomic E-state index is -0.431. The van der Waals surface area contributed by atoms with Crippen molar-refractivity contribution in [3.05, 3.63) is 65.0 Å². The molecule has 0 radical (unpaired) electrons. The number of ether oxygens (including phenoxy) is 1. The highest BCUT2D eigenvalue weighted by Crippen LogP contribution is 2.26. The van der Waals surface area contributed by atoms with Crippen LogP contribution in [0.2, 0.25) is 5.02 Å². The van der Waals surface area contributed by atoms with Crippen LogP contribution in [0.1, 0.15) is 18.4 Å². The molecule has 8 heteroatoms. The Morgan fingerprint density at radius 3 is 2.56 bits per heavy atom. The molecule has 0 fully saturated rings. The van der Waals surface area contributed by atoms with Gasteiger partial charge in [0.2, 0.25) is 11.8 Å². The fourth-order valence-corrected chi connectivity index (χ4v) is 2.54. The molecule has 0 spiro atoms. The van der Waals surface area contributed by atoms with Gasteiger partial charge in [0.05, 0.1) is 17.0 Å². The third-order valence-electron chi connectivity index (χ3n) is 3.55. The monoisotopic (exact) mass is 385 g/mol. The summed E-state index contributed by atoms with van der Waals surface area (Å²) in [5, 5.41) is 10.9. The van der Waals surface area contributed by atoms with E-state index in [0.29, 0.717) is 16.3 Å². The van der Waals surface area contributed by atoms with Crippen molar-refractivity contribution in [1.29, 1.82) is 0 Å². The normalized spacial score (nSPS) is 10.4. The Hall–Kier alpha value is -3.19. The van der Waals surface area contributed by atoms with E-state index in [0.717, 1.165) is 5.56 Å². The summed E-state index contributed by atoms with van der Waals surface area (Å²) in [7, 11) is 0. The molecule has 3 aromatic rings. The van der Waals surface area contributed by atoms with Crippen molar-refractivity contribution in [2.24, 2.45) is 0 Å². The second-order valence-electron chi connectivity index (χ2n) is 5.70. The summed E-state index contributed by atoms with van der Waals surface area (Å²) in [4.78, 5) is 23.0. The molecule has 0 atom stereocenters. The van der Waals surface area contributed by atoms with Gasteiger partial charge in [-0.25, -0.2) is 0 Å².